The number of halogens is 2. The van der Waals surface area contributed by atoms with E-state index in [9.17, 15) is 13.6 Å². The Morgan fingerprint density at radius 2 is 1.93 bits per heavy atom. The Hall–Kier alpha value is -2.80. The van der Waals surface area contributed by atoms with Crippen LogP contribution >= 0.6 is 11.3 Å². The number of carbonyl (C=O) groups is 1. The molecule has 0 saturated heterocycles. The largest absolute Gasteiger partial charge is 0.489 e. The van der Waals surface area contributed by atoms with E-state index >= 15 is 0 Å². The van der Waals surface area contributed by atoms with Crippen molar-refractivity contribution in [1.82, 2.24) is 10.3 Å². The lowest BCUT2D eigenvalue weighted by Gasteiger charge is -2.08. The molecule has 0 spiro atoms. The smallest absolute Gasteiger partial charge is 0.270 e. The number of hydrogen-bond donors (Lipinski definition) is 1. The van der Waals surface area contributed by atoms with Crippen LogP contribution in [-0.2, 0) is 6.61 Å². The van der Waals surface area contributed by atoms with E-state index in [1.54, 1.807) is 29.6 Å². The highest BCUT2D eigenvalue weighted by atomic mass is 32.1. The number of nitrogens with one attached hydrogen (secondary N) is 1. The summed E-state index contributed by atoms with van der Waals surface area (Å²) >= 11 is 1.37. The molecule has 0 saturated carbocycles. The molecule has 0 fully saturated rings. The van der Waals surface area contributed by atoms with Gasteiger partial charge in [-0.2, -0.15) is 0 Å². The normalized spacial score (nSPS) is 10.9. The predicted octanol–water partition coefficient (Wildman–Crippen LogP) is 4.81. The lowest BCUT2D eigenvalue weighted by atomic mass is 10.2. The third-order valence-electron chi connectivity index (χ3n) is 3.66. The number of aromatic nitrogens is 1. The first-order valence-electron chi connectivity index (χ1n) is 8.36. The number of rotatable bonds is 6. The Balaban J connectivity index is 1.66. The van der Waals surface area contributed by atoms with E-state index < -0.39 is 11.6 Å². The second-order valence-electron chi connectivity index (χ2n) is 6.21. The van der Waals surface area contributed by atoms with Gasteiger partial charge in [0.25, 0.3) is 5.91 Å². The molecule has 7 heteroatoms. The van der Waals surface area contributed by atoms with Crippen LogP contribution in [0.4, 0.5) is 8.78 Å². The number of carbonyl (C=O) groups excluding carboxylic acids is 1. The van der Waals surface area contributed by atoms with Gasteiger partial charge in [0.15, 0.2) is 0 Å². The zero-order valence-corrected chi connectivity index (χ0v) is 15.6. The summed E-state index contributed by atoms with van der Waals surface area (Å²) in [7, 11) is 0. The Labute approximate surface area is 159 Å². The Morgan fingerprint density at radius 3 is 2.63 bits per heavy atom. The minimum absolute atomic E-state index is 0.0435. The average Bonchev–Trinajstić information content (AvgIpc) is 3.13. The minimum atomic E-state index is -0.511. The highest BCUT2D eigenvalue weighted by molar-refractivity contribution is 7.13. The summed E-state index contributed by atoms with van der Waals surface area (Å²) < 4.78 is 32.3. The van der Waals surface area contributed by atoms with Crippen molar-refractivity contribution in [1.29, 1.82) is 0 Å². The zero-order valence-electron chi connectivity index (χ0n) is 14.8. The Morgan fingerprint density at radius 1 is 1.19 bits per heavy atom. The Bertz CT molecular complexity index is 939. The first-order valence-corrected chi connectivity index (χ1v) is 9.24. The molecule has 0 atom stereocenters. The van der Waals surface area contributed by atoms with Gasteiger partial charge in [-0.15, -0.1) is 11.3 Å². The molecule has 3 rings (SSSR count). The fourth-order valence-electron chi connectivity index (χ4n) is 2.36. The van der Waals surface area contributed by atoms with Crippen molar-refractivity contribution in [3.63, 3.8) is 0 Å². The van der Waals surface area contributed by atoms with Crippen LogP contribution in [0.15, 0.2) is 47.8 Å². The van der Waals surface area contributed by atoms with Gasteiger partial charge >= 0.3 is 0 Å². The molecular weight excluding hydrogens is 370 g/mol. The lowest BCUT2D eigenvalue weighted by molar-refractivity contribution is 0.0939. The molecule has 0 aliphatic heterocycles. The van der Waals surface area contributed by atoms with Crippen molar-refractivity contribution in [2.45, 2.75) is 26.5 Å². The molecule has 27 heavy (non-hydrogen) atoms. The summed E-state index contributed by atoms with van der Waals surface area (Å²) in [4.78, 5) is 16.3. The van der Waals surface area contributed by atoms with E-state index in [4.69, 9.17) is 4.74 Å². The molecule has 0 aliphatic carbocycles. The highest BCUT2D eigenvalue weighted by Gasteiger charge is 2.13. The topological polar surface area (TPSA) is 51.2 Å². The fraction of sp³-hybridized carbons (Fsp3) is 0.200. The van der Waals surface area contributed by atoms with Crippen molar-refractivity contribution in [3.05, 3.63) is 70.7 Å². The summed E-state index contributed by atoms with van der Waals surface area (Å²) in [6, 6.07) is 10.4. The van der Waals surface area contributed by atoms with Gasteiger partial charge in [0.2, 0.25) is 0 Å². The van der Waals surface area contributed by atoms with Gasteiger partial charge in [0.05, 0.1) is 0 Å². The molecule has 2 aromatic carbocycles. The molecule has 4 nitrogen and oxygen atoms in total. The van der Waals surface area contributed by atoms with E-state index in [0.717, 1.165) is 23.8 Å². The molecule has 0 bridgehead atoms. The number of nitrogens with zero attached hydrogens (tertiary/aromatic N) is 1. The molecular formula is C20H18F2N2O2S. The number of benzene rings is 2. The number of thiazole rings is 1. The van der Waals surface area contributed by atoms with Gasteiger partial charge in [-0.3, -0.25) is 4.79 Å². The summed E-state index contributed by atoms with van der Waals surface area (Å²) in [5.74, 6) is -0.698. The SMILES string of the molecule is CC(C)NC(=O)c1csc(-c2ccc(OCc3cc(F)ccc3F)cc2)n1. The molecule has 1 amide bonds. The second-order valence-corrected chi connectivity index (χ2v) is 7.07. The van der Waals surface area contributed by atoms with Gasteiger partial charge in [0.1, 0.15) is 34.7 Å². The number of hydrogen-bond acceptors (Lipinski definition) is 4. The summed E-state index contributed by atoms with van der Waals surface area (Å²) in [5.41, 5.74) is 1.37. The van der Waals surface area contributed by atoms with Crippen LogP contribution in [-0.4, -0.2) is 16.9 Å². The summed E-state index contributed by atoms with van der Waals surface area (Å²) in [6.45, 7) is 3.71. The van der Waals surface area contributed by atoms with Gasteiger partial charge in [-0.05, 0) is 56.3 Å². The zero-order chi connectivity index (χ0) is 19.4. The van der Waals surface area contributed by atoms with Gasteiger partial charge in [0, 0.05) is 22.5 Å². The van der Waals surface area contributed by atoms with E-state index in [1.807, 2.05) is 13.8 Å². The monoisotopic (exact) mass is 388 g/mol. The van der Waals surface area contributed by atoms with Crippen molar-refractivity contribution in [2.24, 2.45) is 0 Å². The molecule has 0 unspecified atom stereocenters. The quantitative estimate of drug-likeness (QED) is 0.660. The van der Waals surface area contributed by atoms with E-state index in [0.29, 0.717) is 16.5 Å². The minimum Gasteiger partial charge on any atom is -0.489 e. The van der Waals surface area contributed by atoms with Crippen LogP contribution in [0.3, 0.4) is 0 Å². The number of ether oxygens (including phenoxy) is 1. The van der Waals surface area contributed by atoms with Crippen molar-refractivity contribution >= 4 is 17.2 Å². The maximum atomic E-state index is 13.6. The third kappa shape index (κ3) is 4.89. The molecule has 1 aromatic heterocycles. The van der Waals surface area contributed by atoms with Crippen LogP contribution in [0.2, 0.25) is 0 Å². The fourth-order valence-corrected chi connectivity index (χ4v) is 3.16. The van der Waals surface area contributed by atoms with Crippen LogP contribution < -0.4 is 10.1 Å². The maximum Gasteiger partial charge on any atom is 0.270 e. The van der Waals surface area contributed by atoms with E-state index in [1.165, 1.54) is 11.3 Å². The molecule has 0 aliphatic rings. The van der Waals surface area contributed by atoms with Gasteiger partial charge < -0.3 is 10.1 Å². The summed E-state index contributed by atoms with van der Waals surface area (Å²) in [6.07, 6.45) is 0. The van der Waals surface area contributed by atoms with Crippen molar-refractivity contribution in [2.75, 3.05) is 0 Å². The molecule has 3 aromatic rings. The van der Waals surface area contributed by atoms with Gasteiger partial charge in [-0.1, -0.05) is 0 Å². The van der Waals surface area contributed by atoms with Crippen molar-refractivity contribution in [3.8, 4) is 16.3 Å². The predicted molar refractivity (Wildman–Crippen MR) is 101 cm³/mol. The second kappa shape index (κ2) is 8.26. The van der Waals surface area contributed by atoms with E-state index in [2.05, 4.69) is 10.3 Å². The van der Waals surface area contributed by atoms with Crippen LogP contribution in [0.5, 0.6) is 5.75 Å². The van der Waals surface area contributed by atoms with Crippen LogP contribution in [0.25, 0.3) is 10.6 Å². The van der Waals surface area contributed by atoms with E-state index in [-0.39, 0.29) is 24.1 Å². The molecule has 140 valence electrons. The Kier molecular flexibility index (Phi) is 5.81. The summed E-state index contributed by atoms with van der Waals surface area (Å²) in [5, 5.41) is 5.23. The standard InChI is InChI=1S/C20H18F2N2O2S/c1-12(2)23-19(25)18-11-27-20(24-18)13-3-6-16(7-4-13)26-10-14-9-15(21)5-8-17(14)22/h3-9,11-12H,10H2,1-2H3,(H,23,25). The lowest BCUT2D eigenvalue weighted by Crippen LogP contribution is -2.30. The first-order chi connectivity index (χ1) is 12.9. The van der Waals surface area contributed by atoms with Crippen molar-refractivity contribution < 1.29 is 18.3 Å². The van der Waals surface area contributed by atoms with Gasteiger partial charge in [-0.25, -0.2) is 13.8 Å². The number of amides is 1. The maximum absolute atomic E-state index is 13.6. The first kappa shape index (κ1) is 19.0. The molecule has 0 radical (unpaired) electrons. The highest BCUT2D eigenvalue weighted by Crippen LogP contribution is 2.26. The molecule has 1 heterocycles. The average molecular weight is 388 g/mol. The molecule has 1 N–H and O–H groups in total. The van der Waals surface area contributed by atoms with Crippen LogP contribution in [0.1, 0.15) is 29.9 Å². The van der Waals surface area contributed by atoms with Crippen LogP contribution in [0, 0.1) is 11.6 Å². The third-order valence-corrected chi connectivity index (χ3v) is 4.55.